The summed E-state index contributed by atoms with van der Waals surface area (Å²) in [7, 11) is 3.85. The second kappa shape index (κ2) is 6.58. The Morgan fingerprint density at radius 3 is 2.80 bits per heavy atom. The van der Waals surface area contributed by atoms with Gasteiger partial charge in [-0.05, 0) is 15.3 Å². The van der Waals surface area contributed by atoms with Crippen molar-refractivity contribution in [1.29, 1.82) is 0 Å². The smallest absolute Gasteiger partial charge is 0.149 e. The van der Waals surface area contributed by atoms with Crippen LogP contribution in [0.3, 0.4) is 0 Å². The molecule has 3 unspecified atom stereocenters. The third-order valence-electron chi connectivity index (χ3n) is 0.992. The zero-order valence-corrected chi connectivity index (χ0v) is 8.87. The Morgan fingerprint density at radius 2 is 2.50 bits per heavy atom. The Balaban J connectivity index is 3.50. The second-order valence-electron chi connectivity index (χ2n) is 1.76. The van der Waals surface area contributed by atoms with Gasteiger partial charge in [-0.15, -0.1) is 8.93 Å². The van der Waals surface area contributed by atoms with Crippen LogP contribution in [-0.4, -0.2) is 23.5 Å². The largest absolute Gasteiger partial charge is 0.394 e. The van der Waals surface area contributed by atoms with Crippen molar-refractivity contribution in [1.82, 2.24) is 5.09 Å². The average Bonchev–Trinajstić information content (AvgIpc) is 1.89. The second-order valence-corrected chi connectivity index (χ2v) is 6.80. The molecule has 0 bridgehead atoms. The van der Waals surface area contributed by atoms with E-state index in [9.17, 15) is 4.79 Å². The molecule has 0 aromatic rings. The highest BCUT2D eigenvalue weighted by molar-refractivity contribution is 8.38. The standard InChI is InChI=1S/C4H12NO2P3/c1-3(7)4(2-6)5-9-10-8/h4-6,9-10H,2,8H2,1H3/t4-/m0/s1. The minimum absolute atomic E-state index is 0.00162. The lowest BCUT2D eigenvalue weighted by Crippen LogP contribution is -2.32. The molecule has 0 saturated heterocycles. The number of rotatable bonds is 5. The molecule has 0 rings (SSSR count). The molecular formula is C4H12NO2P3. The molecule has 3 nitrogen and oxygen atoms in total. The highest BCUT2D eigenvalue weighted by Crippen LogP contribution is 2.40. The van der Waals surface area contributed by atoms with Crippen LogP contribution in [0.1, 0.15) is 6.92 Å². The lowest BCUT2D eigenvalue weighted by atomic mass is 10.2. The predicted molar refractivity (Wildman–Crippen MR) is 51.0 cm³/mol. The summed E-state index contributed by atoms with van der Waals surface area (Å²) >= 11 is 0. The van der Waals surface area contributed by atoms with Gasteiger partial charge in [0.15, 0.2) is 0 Å². The summed E-state index contributed by atoms with van der Waals surface area (Å²) in [5.41, 5.74) is 0. The fourth-order valence-electron chi connectivity index (χ4n) is 0.405. The van der Waals surface area contributed by atoms with Crippen LogP contribution in [0.4, 0.5) is 0 Å². The minimum Gasteiger partial charge on any atom is -0.394 e. The lowest BCUT2D eigenvalue weighted by molar-refractivity contribution is -0.119. The molecule has 0 aromatic heterocycles. The Labute approximate surface area is 66.3 Å². The SMILES string of the molecule is CC(=O)[C@H](CO)NPPP. The molecule has 0 aliphatic rings. The van der Waals surface area contributed by atoms with Crippen LogP contribution >= 0.6 is 25.3 Å². The highest BCUT2D eigenvalue weighted by Gasteiger charge is 2.09. The maximum absolute atomic E-state index is 10.7. The Morgan fingerprint density at radius 1 is 1.90 bits per heavy atom. The van der Waals surface area contributed by atoms with Crippen molar-refractivity contribution in [3.05, 3.63) is 0 Å². The van der Waals surface area contributed by atoms with E-state index < -0.39 is 0 Å². The number of nitrogens with one attached hydrogen (secondary N) is 1. The van der Waals surface area contributed by atoms with Gasteiger partial charge in [0.25, 0.3) is 0 Å². The van der Waals surface area contributed by atoms with Crippen molar-refractivity contribution in [2.24, 2.45) is 0 Å². The van der Waals surface area contributed by atoms with E-state index in [1.807, 2.05) is 0 Å². The van der Waals surface area contributed by atoms with Gasteiger partial charge < -0.3 is 5.11 Å². The molecule has 60 valence electrons. The maximum atomic E-state index is 10.7. The molecule has 4 atom stereocenters. The maximum Gasteiger partial charge on any atom is 0.149 e. The summed E-state index contributed by atoms with van der Waals surface area (Å²) in [6, 6.07) is -0.355. The zero-order valence-electron chi connectivity index (χ0n) is 5.72. The van der Waals surface area contributed by atoms with E-state index >= 15 is 0 Å². The Bertz CT molecular complexity index is 111. The topological polar surface area (TPSA) is 49.3 Å². The average molecular weight is 199 g/mol. The van der Waals surface area contributed by atoms with Crippen molar-refractivity contribution in [3.8, 4) is 0 Å². The Hall–Kier alpha value is 0.880. The molecule has 0 heterocycles. The predicted octanol–water partition coefficient (Wildman–Crippen LogP) is 0.503. The van der Waals surface area contributed by atoms with Crippen molar-refractivity contribution in [2.45, 2.75) is 13.0 Å². The van der Waals surface area contributed by atoms with E-state index in [4.69, 9.17) is 5.11 Å². The summed E-state index contributed by atoms with van der Waals surface area (Å²) in [6.45, 7) is 1.38. The van der Waals surface area contributed by atoms with Gasteiger partial charge in [-0.2, -0.15) is 0 Å². The van der Waals surface area contributed by atoms with E-state index in [1.165, 1.54) is 6.92 Å². The number of aliphatic hydroxyl groups is 1. The van der Waals surface area contributed by atoms with Crippen LogP contribution in [0, 0.1) is 0 Å². The first-order chi connectivity index (χ1) is 4.72. The molecule has 2 N–H and O–H groups in total. The normalized spacial score (nSPS) is 15.5. The van der Waals surface area contributed by atoms with E-state index in [0.29, 0.717) is 16.4 Å². The molecule has 0 aliphatic heterocycles. The monoisotopic (exact) mass is 199 g/mol. The van der Waals surface area contributed by atoms with Crippen LogP contribution in [-0.2, 0) is 4.79 Å². The molecule has 0 spiro atoms. The van der Waals surface area contributed by atoms with Crippen molar-refractivity contribution >= 4 is 31.1 Å². The quantitative estimate of drug-likeness (QED) is 0.634. The fraction of sp³-hybridized carbons (Fsp3) is 0.750. The fourth-order valence-corrected chi connectivity index (χ4v) is 2.48. The van der Waals surface area contributed by atoms with Gasteiger partial charge in [-0.3, -0.25) is 9.88 Å². The van der Waals surface area contributed by atoms with Gasteiger partial charge in [0.05, 0.1) is 12.6 Å². The van der Waals surface area contributed by atoms with Gasteiger partial charge in [0.1, 0.15) is 5.78 Å². The third kappa shape index (κ3) is 4.66. The molecule has 0 aromatic carbocycles. The first-order valence-corrected chi connectivity index (χ1v) is 7.60. The Kier molecular flexibility index (Phi) is 7.16. The number of hydrogen-bond acceptors (Lipinski definition) is 3. The van der Waals surface area contributed by atoms with E-state index in [1.54, 1.807) is 0 Å². The molecule has 10 heavy (non-hydrogen) atoms. The molecule has 0 amide bonds. The number of aliphatic hydroxyl groups excluding tert-OH is 1. The van der Waals surface area contributed by atoms with Crippen LogP contribution < -0.4 is 5.09 Å². The number of Topliss-reactive ketones (excluding diaryl/α,β-unsaturated/α-hetero) is 1. The summed E-state index contributed by atoms with van der Waals surface area (Å²) < 4.78 is 0. The van der Waals surface area contributed by atoms with Crippen molar-refractivity contribution in [3.63, 3.8) is 0 Å². The van der Waals surface area contributed by atoms with Crippen LogP contribution in [0.2, 0.25) is 0 Å². The van der Waals surface area contributed by atoms with Crippen molar-refractivity contribution in [2.75, 3.05) is 6.61 Å². The number of ketones is 1. The molecular weight excluding hydrogens is 187 g/mol. The van der Waals surface area contributed by atoms with Gasteiger partial charge in [0, 0.05) is 0 Å². The van der Waals surface area contributed by atoms with Crippen LogP contribution in [0.25, 0.3) is 0 Å². The molecule has 0 radical (unpaired) electrons. The molecule has 0 fully saturated rings. The number of carbonyl (C=O) groups excluding carboxylic acids is 1. The van der Waals surface area contributed by atoms with Gasteiger partial charge in [0.2, 0.25) is 0 Å². The van der Waals surface area contributed by atoms with Crippen LogP contribution in [0.15, 0.2) is 0 Å². The van der Waals surface area contributed by atoms with Gasteiger partial charge in [-0.25, -0.2) is 0 Å². The molecule has 6 heteroatoms. The highest BCUT2D eigenvalue weighted by atomic mass is 32.4. The molecule has 0 saturated carbocycles. The van der Waals surface area contributed by atoms with Gasteiger partial charge >= 0.3 is 0 Å². The number of hydrogen-bond donors (Lipinski definition) is 2. The van der Waals surface area contributed by atoms with E-state index in [0.717, 1.165) is 0 Å². The summed E-state index contributed by atoms with van der Waals surface area (Å²) in [6.07, 6.45) is 0. The third-order valence-corrected chi connectivity index (χ3v) is 3.79. The minimum atomic E-state index is -0.355. The molecule has 0 aliphatic carbocycles. The van der Waals surface area contributed by atoms with E-state index in [-0.39, 0.29) is 18.4 Å². The summed E-state index contributed by atoms with van der Waals surface area (Å²) in [5, 5.41) is 11.6. The van der Waals surface area contributed by atoms with Crippen molar-refractivity contribution < 1.29 is 9.90 Å². The summed E-state index contributed by atoms with van der Waals surface area (Å²) in [5.74, 6) is -0.00162. The number of carbonyl (C=O) groups is 1. The first kappa shape index (κ1) is 10.9. The summed E-state index contributed by atoms with van der Waals surface area (Å²) in [4.78, 5) is 10.7. The van der Waals surface area contributed by atoms with Gasteiger partial charge in [-0.1, -0.05) is 7.96 Å². The zero-order chi connectivity index (χ0) is 7.98. The van der Waals surface area contributed by atoms with E-state index in [2.05, 4.69) is 14.0 Å². The lowest BCUT2D eigenvalue weighted by Gasteiger charge is -2.10. The van der Waals surface area contributed by atoms with Crippen LogP contribution in [0.5, 0.6) is 0 Å². The first-order valence-electron chi connectivity index (χ1n) is 2.79.